The van der Waals surface area contributed by atoms with E-state index in [2.05, 4.69) is 36.4 Å². The van der Waals surface area contributed by atoms with Gasteiger partial charge in [-0.25, -0.2) is 0 Å². The maximum atomic E-state index is 5.92. The van der Waals surface area contributed by atoms with E-state index in [1.54, 1.807) is 14.2 Å². The molecule has 1 atom stereocenters. The van der Waals surface area contributed by atoms with E-state index < -0.39 is 0 Å². The van der Waals surface area contributed by atoms with Crippen molar-refractivity contribution in [1.82, 2.24) is 10.6 Å². The number of methoxy groups -OCH3 is 1. The molecular formula is C18H31N3O2. The quantitative estimate of drug-likeness (QED) is 0.599. The van der Waals surface area contributed by atoms with Crippen molar-refractivity contribution in [1.29, 1.82) is 0 Å². The first-order valence-corrected chi connectivity index (χ1v) is 8.10. The Morgan fingerprint density at radius 2 is 1.83 bits per heavy atom. The van der Waals surface area contributed by atoms with Gasteiger partial charge in [0, 0.05) is 13.6 Å². The molecule has 1 aromatic rings. The fourth-order valence-electron chi connectivity index (χ4n) is 1.99. The van der Waals surface area contributed by atoms with E-state index >= 15 is 0 Å². The number of benzene rings is 1. The van der Waals surface area contributed by atoms with Gasteiger partial charge in [0.05, 0.1) is 13.7 Å². The number of guanidine groups is 1. The highest BCUT2D eigenvalue weighted by atomic mass is 16.5. The van der Waals surface area contributed by atoms with Crippen LogP contribution < -0.4 is 20.1 Å². The Balaban J connectivity index is 2.40. The van der Waals surface area contributed by atoms with Crippen molar-refractivity contribution >= 4 is 5.96 Å². The number of hydrogen-bond donors (Lipinski definition) is 2. The normalized spacial score (nSPS) is 13.4. The van der Waals surface area contributed by atoms with Crippen molar-refractivity contribution in [3.8, 4) is 11.5 Å². The molecular weight excluding hydrogens is 290 g/mol. The second-order valence-electron chi connectivity index (χ2n) is 6.77. The van der Waals surface area contributed by atoms with Gasteiger partial charge in [-0.05, 0) is 30.9 Å². The summed E-state index contributed by atoms with van der Waals surface area (Å²) in [5.74, 6) is 2.29. The summed E-state index contributed by atoms with van der Waals surface area (Å²) in [5.41, 5.74) is 0.312. The van der Waals surface area contributed by atoms with Crippen LogP contribution in [0.3, 0.4) is 0 Å². The van der Waals surface area contributed by atoms with Gasteiger partial charge in [-0.1, -0.05) is 32.9 Å². The Kier molecular flexibility index (Phi) is 7.72. The molecule has 5 nitrogen and oxygen atoms in total. The van der Waals surface area contributed by atoms with Crippen molar-refractivity contribution in [2.45, 2.75) is 40.2 Å². The molecule has 0 bridgehead atoms. The van der Waals surface area contributed by atoms with Gasteiger partial charge in [0.2, 0.25) is 0 Å². The van der Waals surface area contributed by atoms with Crippen LogP contribution in [0.1, 0.15) is 34.1 Å². The lowest BCUT2D eigenvalue weighted by atomic mass is 9.92. The minimum Gasteiger partial charge on any atom is -0.493 e. The maximum Gasteiger partial charge on any atom is 0.191 e. The van der Waals surface area contributed by atoms with E-state index in [1.807, 2.05) is 31.2 Å². The van der Waals surface area contributed by atoms with Gasteiger partial charge in [-0.3, -0.25) is 4.99 Å². The molecule has 0 amide bonds. The van der Waals surface area contributed by atoms with E-state index in [0.29, 0.717) is 12.0 Å². The number of rotatable bonds is 7. The van der Waals surface area contributed by atoms with Gasteiger partial charge in [-0.2, -0.15) is 0 Å². The van der Waals surface area contributed by atoms with Crippen molar-refractivity contribution in [3.05, 3.63) is 24.3 Å². The number of hydrogen-bond acceptors (Lipinski definition) is 3. The summed E-state index contributed by atoms with van der Waals surface area (Å²) in [6, 6.07) is 7.66. The molecule has 0 fully saturated rings. The van der Waals surface area contributed by atoms with Crippen LogP contribution in [0.15, 0.2) is 29.3 Å². The minimum absolute atomic E-state index is 0.00698. The second-order valence-corrected chi connectivity index (χ2v) is 6.77. The summed E-state index contributed by atoms with van der Waals surface area (Å²) in [5, 5.41) is 6.61. The molecule has 0 aliphatic carbocycles. The molecule has 0 spiro atoms. The highest BCUT2D eigenvalue weighted by Crippen LogP contribution is 2.26. The van der Waals surface area contributed by atoms with Crippen LogP contribution in [0.25, 0.3) is 0 Å². The third-order valence-electron chi connectivity index (χ3n) is 3.35. The Hall–Kier alpha value is -1.91. The number of ether oxygens (including phenoxy) is 2. The van der Waals surface area contributed by atoms with E-state index in [4.69, 9.17) is 9.47 Å². The van der Waals surface area contributed by atoms with Crippen LogP contribution >= 0.6 is 0 Å². The SMILES string of the molecule is CN=C(NCCC(C)(C)C)NCC(C)Oc1ccccc1OC. The Morgan fingerprint density at radius 3 is 2.39 bits per heavy atom. The molecule has 0 aromatic heterocycles. The molecule has 0 heterocycles. The highest BCUT2D eigenvalue weighted by molar-refractivity contribution is 5.79. The lowest BCUT2D eigenvalue weighted by Gasteiger charge is -2.21. The van der Waals surface area contributed by atoms with E-state index in [0.717, 1.165) is 30.4 Å². The molecule has 0 radical (unpaired) electrons. The monoisotopic (exact) mass is 321 g/mol. The molecule has 23 heavy (non-hydrogen) atoms. The third-order valence-corrected chi connectivity index (χ3v) is 3.35. The number of nitrogens with zero attached hydrogens (tertiary/aromatic N) is 1. The van der Waals surface area contributed by atoms with Crippen molar-refractivity contribution < 1.29 is 9.47 Å². The molecule has 0 saturated carbocycles. The fourth-order valence-corrected chi connectivity index (χ4v) is 1.99. The Bertz CT molecular complexity index is 495. The van der Waals surface area contributed by atoms with Gasteiger partial charge in [0.1, 0.15) is 6.10 Å². The topological polar surface area (TPSA) is 54.9 Å². The van der Waals surface area contributed by atoms with Crippen molar-refractivity contribution in [2.75, 3.05) is 27.2 Å². The van der Waals surface area contributed by atoms with Gasteiger partial charge in [-0.15, -0.1) is 0 Å². The van der Waals surface area contributed by atoms with Crippen molar-refractivity contribution in [3.63, 3.8) is 0 Å². The predicted octanol–water partition coefficient (Wildman–Crippen LogP) is 3.06. The first-order valence-electron chi connectivity index (χ1n) is 8.10. The van der Waals surface area contributed by atoms with Crippen LogP contribution in [-0.4, -0.2) is 39.3 Å². The van der Waals surface area contributed by atoms with E-state index in [9.17, 15) is 0 Å². The van der Waals surface area contributed by atoms with Crippen LogP contribution in [0.2, 0.25) is 0 Å². The molecule has 0 saturated heterocycles. The van der Waals surface area contributed by atoms with E-state index in [1.165, 1.54) is 0 Å². The molecule has 1 rings (SSSR count). The summed E-state index contributed by atoms with van der Waals surface area (Å²) >= 11 is 0. The highest BCUT2D eigenvalue weighted by Gasteiger charge is 2.11. The first-order chi connectivity index (χ1) is 10.9. The Morgan fingerprint density at radius 1 is 1.17 bits per heavy atom. The van der Waals surface area contributed by atoms with Gasteiger partial charge in [0.25, 0.3) is 0 Å². The molecule has 0 aliphatic rings. The van der Waals surface area contributed by atoms with Crippen LogP contribution in [-0.2, 0) is 0 Å². The zero-order valence-corrected chi connectivity index (χ0v) is 15.3. The molecule has 2 N–H and O–H groups in total. The lowest BCUT2D eigenvalue weighted by molar-refractivity contribution is 0.213. The largest absolute Gasteiger partial charge is 0.493 e. The van der Waals surface area contributed by atoms with Gasteiger partial charge >= 0.3 is 0 Å². The van der Waals surface area contributed by atoms with Crippen LogP contribution in [0, 0.1) is 5.41 Å². The second kappa shape index (κ2) is 9.28. The van der Waals surface area contributed by atoms with Crippen LogP contribution in [0.4, 0.5) is 0 Å². The molecule has 1 aromatic carbocycles. The van der Waals surface area contributed by atoms with Crippen molar-refractivity contribution in [2.24, 2.45) is 10.4 Å². The maximum absolute atomic E-state index is 5.92. The zero-order valence-electron chi connectivity index (χ0n) is 15.3. The predicted molar refractivity (Wildman–Crippen MR) is 96.5 cm³/mol. The summed E-state index contributed by atoms with van der Waals surface area (Å²) in [4.78, 5) is 4.23. The average molecular weight is 321 g/mol. The Labute approximate surface area is 140 Å². The summed E-state index contributed by atoms with van der Waals surface area (Å²) < 4.78 is 11.2. The van der Waals surface area contributed by atoms with Gasteiger partial charge < -0.3 is 20.1 Å². The van der Waals surface area contributed by atoms with Crippen LogP contribution in [0.5, 0.6) is 11.5 Å². The summed E-state index contributed by atoms with van der Waals surface area (Å²) in [6.45, 7) is 10.3. The molecule has 130 valence electrons. The average Bonchev–Trinajstić information content (AvgIpc) is 2.50. The fraction of sp³-hybridized carbons (Fsp3) is 0.611. The minimum atomic E-state index is -0.00698. The van der Waals surface area contributed by atoms with E-state index in [-0.39, 0.29) is 6.10 Å². The number of aliphatic imine (C=N–C) groups is 1. The molecule has 0 aliphatic heterocycles. The lowest BCUT2D eigenvalue weighted by Crippen LogP contribution is -2.42. The zero-order chi connectivity index (χ0) is 17.3. The van der Waals surface area contributed by atoms with Gasteiger partial charge in [0.15, 0.2) is 17.5 Å². The molecule has 5 heteroatoms. The number of nitrogens with one attached hydrogen (secondary N) is 2. The first kappa shape index (κ1) is 19.1. The third kappa shape index (κ3) is 7.77. The molecule has 1 unspecified atom stereocenters. The summed E-state index contributed by atoms with van der Waals surface area (Å²) in [6.07, 6.45) is 1.08. The smallest absolute Gasteiger partial charge is 0.191 e. The standard InChI is InChI=1S/C18H31N3O2/c1-14(23-16-10-8-7-9-15(16)22-6)13-21-17(19-5)20-12-11-18(2,3)4/h7-10,14H,11-13H2,1-6H3,(H2,19,20,21). The number of para-hydroxylation sites is 2. The summed E-state index contributed by atoms with van der Waals surface area (Å²) in [7, 11) is 3.42.